The number of ketones is 1. The van der Waals surface area contributed by atoms with Crippen molar-refractivity contribution in [1.29, 1.82) is 0 Å². The number of likely N-dealkylation sites (tertiary alicyclic amines) is 1. The smallest absolute Gasteiger partial charge is 0.161 e. The number of hydrogen-bond donors (Lipinski definition) is 0. The van der Waals surface area contributed by atoms with Gasteiger partial charge in [-0.05, 0) is 19.9 Å². The number of nitrogens with zero attached hydrogens (tertiary/aromatic N) is 1. The molecular weight excluding hydrogens is 154 g/mol. The van der Waals surface area contributed by atoms with Crippen LogP contribution in [0.4, 0.5) is 0 Å². The molecule has 0 aromatic rings. The largest absolute Gasteiger partial charge is 0.367 e. The van der Waals surface area contributed by atoms with Crippen molar-refractivity contribution in [2.45, 2.75) is 24.9 Å². The maximum absolute atomic E-state index is 11.1. The van der Waals surface area contributed by atoms with Gasteiger partial charge in [0, 0.05) is 19.5 Å². The molecule has 0 radical (unpaired) electrons. The number of carbonyl (C=O) groups excluding carboxylic acids is 1. The van der Waals surface area contributed by atoms with E-state index in [1.54, 1.807) is 0 Å². The third-order valence-corrected chi connectivity index (χ3v) is 2.96. The lowest BCUT2D eigenvalue weighted by Crippen LogP contribution is -2.42. The molecule has 0 bridgehead atoms. The van der Waals surface area contributed by atoms with Crippen molar-refractivity contribution in [3.05, 3.63) is 0 Å². The fourth-order valence-corrected chi connectivity index (χ4v) is 2.04. The first-order valence-electron chi connectivity index (χ1n) is 4.54. The van der Waals surface area contributed by atoms with Crippen molar-refractivity contribution in [1.82, 2.24) is 4.90 Å². The molecule has 0 saturated carbocycles. The third-order valence-electron chi connectivity index (χ3n) is 2.96. The molecule has 68 valence electrons. The number of rotatable bonds is 0. The second-order valence-electron chi connectivity index (χ2n) is 3.99. The van der Waals surface area contributed by atoms with Crippen LogP contribution in [-0.2, 0) is 9.53 Å². The van der Waals surface area contributed by atoms with Crippen molar-refractivity contribution in [3.63, 3.8) is 0 Å². The van der Waals surface area contributed by atoms with Crippen LogP contribution in [0.2, 0.25) is 0 Å². The molecule has 2 rings (SSSR count). The topological polar surface area (TPSA) is 29.5 Å². The second-order valence-corrected chi connectivity index (χ2v) is 3.99. The van der Waals surface area contributed by atoms with Crippen molar-refractivity contribution in [3.8, 4) is 0 Å². The van der Waals surface area contributed by atoms with Crippen molar-refractivity contribution < 1.29 is 9.53 Å². The van der Waals surface area contributed by atoms with Crippen molar-refractivity contribution in [2.24, 2.45) is 0 Å². The van der Waals surface area contributed by atoms with Gasteiger partial charge in [-0.15, -0.1) is 0 Å². The Morgan fingerprint density at radius 2 is 2.08 bits per heavy atom. The lowest BCUT2D eigenvalue weighted by Gasteiger charge is -2.36. The maximum atomic E-state index is 11.1. The van der Waals surface area contributed by atoms with Crippen LogP contribution in [0.5, 0.6) is 0 Å². The summed E-state index contributed by atoms with van der Waals surface area (Å²) in [5.41, 5.74) is -0.0659. The molecule has 3 nitrogen and oxygen atoms in total. The summed E-state index contributed by atoms with van der Waals surface area (Å²) in [6.07, 6.45) is 2.70. The number of carbonyl (C=O) groups is 1. The summed E-state index contributed by atoms with van der Waals surface area (Å²) in [7, 11) is 2.11. The van der Waals surface area contributed by atoms with Crippen LogP contribution in [0, 0.1) is 0 Å². The Kier molecular flexibility index (Phi) is 1.93. The van der Waals surface area contributed by atoms with E-state index in [2.05, 4.69) is 11.9 Å². The van der Waals surface area contributed by atoms with Gasteiger partial charge in [-0.2, -0.15) is 0 Å². The minimum atomic E-state index is -0.0659. The van der Waals surface area contributed by atoms with Crippen LogP contribution < -0.4 is 0 Å². The summed E-state index contributed by atoms with van der Waals surface area (Å²) < 4.78 is 5.57. The zero-order chi connectivity index (χ0) is 8.60. The summed E-state index contributed by atoms with van der Waals surface area (Å²) in [4.78, 5) is 13.3. The van der Waals surface area contributed by atoms with E-state index >= 15 is 0 Å². The van der Waals surface area contributed by atoms with Gasteiger partial charge in [-0.3, -0.25) is 4.79 Å². The molecule has 2 saturated heterocycles. The molecule has 0 amide bonds. The van der Waals surface area contributed by atoms with E-state index in [1.807, 2.05) is 0 Å². The molecular formula is C9H15NO2. The minimum Gasteiger partial charge on any atom is -0.367 e. The van der Waals surface area contributed by atoms with Crippen LogP contribution in [-0.4, -0.2) is 43.0 Å². The number of ether oxygens (including phenoxy) is 1. The number of hydrogen-bond acceptors (Lipinski definition) is 3. The van der Waals surface area contributed by atoms with Crippen LogP contribution in [0.15, 0.2) is 0 Å². The van der Waals surface area contributed by atoms with E-state index in [9.17, 15) is 4.79 Å². The molecule has 0 aliphatic carbocycles. The van der Waals surface area contributed by atoms with Gasteiger partial charge in [0.25, 0.3) is 0 Å². The third kappa shape index (κ3) is 1.39. The van der Waals surface area contributed by atoms with E-state index in [0.29, 0.717) is 13.0 Å². The molecule has 0 aromatic heterocycles. The van der Waals surface area contributed by atoms with E-state index < -0.39 is 0 Å². The first kappa shape index (κ1) is 8.20. The predicted octanol–water partition coefficient (Wildman–Crippen LogP) is 0.440. The van der Waals surface area contributed by atoms with Crippen molar-refractivity contribution in [2.75, 3.05) is 26.7 Å². The maximum Gasteiger partial charge on any atom is 0.161 e. The standard InChI is InChI=1S/C9H15NO2/c1-10-4-2-9(3-5-10)6-8(11)7-12-9/h2-7H2,1H3. The van der Waals surface area contributed by atoms with Gasteiger partial charge in [0.2, 0.25) is 0 Å². The molecule has 0 atom stereocenters. The summed E-state index contributed by atoms with van der Waals surface area (Å²) in [6.45, 7) is 2.48. The molecule has 3 heteroatoms. The van der Waals surface area contributed by atoms with Gasteiger partial charge in [-0.1, -0.05) is 0 Å². The Morgan fingerprint density at radius 3 is 2.58 bits per heavy atom. The molecule has 2 aliphatic rings. The Labute approximate surface area is 72.7 Å². The number of Topliss-reactive ketones (excluding diaryl/α,β-unsaturated/α-hetero) is 1. The zero-order valence-corrected chi connectivity index (χ0v) is 7.51. The molecule has 0 N–H and O–H groups in total. The highest BCUT2D eigenvalue weighted by Gasteiger charge is 2.41. The monoisotopic (exact) mass is 169 g/mol. The van der Waals surface area contributed by atoms with Gasteiger partial charge < -0.3 is 9.64 Å². The average molecular weight is 169 g/mol. The fraction of sp³-hybridized carbons (Fsp3) is 0.889. The zero-order valence-electron chi connectivity index (χ0n) is 7.51. The van der Waals surface area contributed by atoms with Crippen LogP contribution >= 0.6 is 0 Å². The molecule has 0 aromatic carbocycles. The first-order chi connectivity index (χ1) is 5.70. The van der Waals surface area contributed by atoms with Gasteiger partial charge in [0.15, 0.2) is 5.78 Å². The van der Waals surface area contributed by atoms with E-state index in [1.165, 1.54) is 0 Å². The van der Waals surface area contributed by atoms with Crippen molar-refractivity contribution >= 4 is 5.78 Å². The lowest BCUT2D eigenvalue weighted by molar-refractivity contribution is -0.117. The molecule has 1 spiro atoms. The van der Waals surface area contributed by atoms with E-state index in [-0.39, 0.29) is 11.4 Å². The van der Waals surface area contributed by atoms with E-state index in [0.717, 1.165) is 25.9 Å². The Morgan fingerprint density at radius 1 is 1.42 bits per heavy atom. The van der Waals surface area contributed by atoms with Gasteiger partial charge >= 0.3 is 0 Å². The normalized spacial score (nSPS) is 29.9. The highest BCUT2D eigenvalue weighted by Crippen LogP contribution is 2.33. The Hall–Kier alpha value is -0.410. The SMILES string of the molecule is CN1CCC2(CC1)CC(=O)CO2. The molecule has 0 unspecified atom stereocenters. The van der Waals surface area contributed by atoms with Gasteiger partial charge in [0.1, 0.15) is 6.61 Å². The highest BCUT2D eigenvalue weighted by atomic mass is 16.5. The summed E-state index contributed by atoms with van der Waals surface area (Å²) in [5, 5.41) is 0. The molecule has 12 heavy (non-hydrogen) atoms. The highest BCUT2D eigenvalue weighted by molar-refractivity contribution is 5.82. The van der Waals surface area contributed by atoms with Crippen LogP contribution in [0.1, 0.15) is 19.3 Å². The van der Waals surface area contributed by atoms with Crippen LogP contribution in [0.25, 0.3) is 0 Å². The van der Waals surface area contributed by atoms with Crippen LogP contribution in [0.3, 0.4) is 0 Å². The molecule has 2 aliphatic heterocycles. The molecule has 2 heterocycles. The fourth-order valence-electron chi connectivity index (χ4n) is 2.04. The Bertz CT molecular complexity index is 195. The first-order valence-corrected chi connectivity index (χ1v) is 4.54. The summed E-state index contributed by atoms with van der Waals surface area (Å²) in [6, 6.07) is 0. The quantitative estimate of drug-likeness (QED) is 0.527. The van der Waals surface area contributed by atoms with E-state index in [4.69, 9.17) is 4.74 Å². The average Bonchev–Trinajstić information content (AvgIpc) is 2.40. The summed E-state index contributed by atoms with van der Waals surface area (Å²) in [5.74, 6) is 0.277. The summed E-state index contributed by atoms with van der Waals surface area (Å²) >= 11 is 0. The Balaban J connectivity index is 1.99. The van der Waals surface area contributed by atoms with Gasteiger partial charge in [0.05, 0.1) is 5.60 Å². The number of piperidine rings is 1. The minimum absolute atomic E-state index is 0.0659. The second kappa shape index (κ2) is 2.82. The lowest BCUT2D eigenvalue weighted by atomic mass is 9.89. The molecule has 2 fully saturated rings. The predicted molar refractivity (Wildman–Crippen MR) is 45.0 cm³/mol. The van der Waals surface area contributed by atoms with Gasteiger partial charge in [-0.25, -0.2) is 0 Å².